The minimum Gasteiger partial charge on any atom is -0.494 e. The summed E-state index contributed by atoms with van der Waals surface area (Å²) in [5.74, 6) is -0.833. The Labute approximate surface area is 141 Å². The van der Waals surface area contributed by atoms with E-state index in [1.54, 1.807) is 0 Å². The molecule has 0 spiro atoms. The molecule has 0 unspecified atom stereocenters. The van der Waals surface area contributed by atoms with E-state index >= 15 is 0 Å². The van der Waals surface area contributed by atoms with Gasteiger partial charge in [0.15, 0.2) is 0 Å². The molecule has 116 valence electrons. The van der Waals surface area contributed by atoms with Crippen molar-refractivity contribution in [1.82, 2.24) is 9.80 Å². The molecule has 0 atom stereocenters. The summed E-state index contributed by atoms with van der Waals surface area (Å²) in [6.45, 7) is 6.19. The Morgan fingerprint density at radius 2 is 1.79 bits per heavy atom. The quantitative estimate of drug-likeness (QED) is 0.329. The first-order chi connectivity index (χ1) is 8.40. The number of carboxylic acids is 1. The number of nitrogens with zero attached hydrogens (tertiary/aromatic N) is 2. The maximum absolute atomic E-state index is 9.00. The molecule has 0 aromatic carbocycles. The van der Waals surface area contributed by atoms with E-state index in [9.17, 15) is 0 Å². The molecule has 0 aromatic rings. The fourth-order valence-corrected chi connectivity index (χ4v) is 1.85. The molecule has 0 fully saturated rings. The van der Waals surface area contributed by atoms with Crippen molar-refractivity contribution in [3.63, 3.8) is 0 Å². The summed E-state index contributed by atoms with van der Waals surface area (Å²) in [7, 11) is 1.90. The van der Waals surface area contributed by atoms with Crippen LogP contribution in [0.15, 0.2) is 10.3 Å². The minimum absolute atomic E-state index is 0. The van der Waals surface area contributed by atoms with Gasteiger partial charge < -0.3 is 14.9 Å². The zero-order chi connectivity index (χ0) is 14.1. The molecule has 7 heteroatoms. The molecule has 19 heavy (non-hydrogen) atoms. The molecule has 0 saturated carbocycles. The van der Waals surface area contributed by atoms with Crippen molar-refractivity contribution in [2.75, 3.05) is 13.6 Å². The molecule has 1 aliphatic rings. The van der Waals surface area contributed by atoms with Gasteiger partial charge in [0.05, 0.1) is 0 Å². The molecule has 0 saturated heterocycles. The predicted octanol–water partition coefficient (Wildman–Crippen LogP) is 3.63. The van der Waals surface area contributed by atoms with Gasteiger partial charge in [0.25, 0.3) is 5.97 Å². The van der Waals surface area contributed by atoms with Crippen LogP contribution in [-0.4, -0.2) is 34.5 Å². The van der Waals surface area contributed by atoms with E-state index in [4.69, 9.17) is 33.1 Å². The number of halogens is 2. The fourth-order valence-electron chi connectivity index (χ4n) is 1.44. The van der Waals surface area contributed by atoms with Gasteiger partial charge in [0.1, 0.15) is 10.3 Å². The summed E-state index contributed by atoms with van der Waals surface area (Å²) in [6.07, 6.45) is 4.97. The van der Waals surface area contributed by atoms with Gasteiger partial charge >= 0.3 is 22.4 Å². The average Bonchev–Trinajstić information content (AvgIpc) is 2.52. The summed E-state index contributed by atoms with van der Waals surface area (Å²) in [5.41, 5.74) is 0. The van der Waals surface area contributed by atoms with E-state index in [1.807, 2.05) is 23.5 Å². The zero-order valence-electron chi connectivity index (χ0n) is 11.4. The van der Waals surface area contributed by atoms with Crippen molar-refractivity contribution in [3.05, 3.63) is 17.0 Å². The Morgan fingerprint density at radius 3 is 2.16 bits per heavy atom. The van der Waals surface area contributed by atoms with Crippen molar-refractivity contribution in [2.45, 2.75) is 39.5 Å². The molecule has 1 heterocycles. The standard InChI is InChI=1S/C10H17Cl2N2.C2H4O2.Ag/c1-3-4-5-6-7-14-8-13(2)9(11)10(14)12;1-2(3)4;/h8H,3-7H2,1-2H3;1H3,(H,3,4);/q-1;;+1. The molecule has 4 nitrogen and oxygen atoms in total. The van der Waals surface area contributed by atoms with Crippen LogP contribution in [0, 0.1) is 6.67 Å². The Bertz CT molecular complexity index is 297. The Morgan fingerprint density at radius 1 is 1.26 bits per heavy atom. The zero-order valence-corrected chi connectivity index (χ0v) is 14.4. The Kier molecular flexibility index (Phi) is 13.4. The average molecular weight is 404 g/mol. The molecule has 0 aliphatic carbocycles. The molecule has 0 bridgehead atoms. The number of carboxylic acid groups (broad SMARTS) is 1. The van der Waals surface area contributed by atoms with Crippen LogP contribution in [0.1, 0.15) is 39.5 Å². The molecule has 0 amide bonds. The van der Waals surface area contributed by atoms with E-state index in [0.717, 1.165) is 13.5 Å². The third-order valence-corrected chi connectivity index (χ3v) is 3.24. The van der Waals surface area contributed by atoms with Gasteiger partial charge in [0.2, 0.25) is 0 Å². The van der Waals surface area contributed by atoms with Gasteiger partial charge in [0, 0.05) is 6.92 Å². The van der Waals surface area contributed by atoms with E-state index in [0.29, 0.717) is 10.3 Å². The van der Waals surface area contributed by atoms with Crippen molar-refractivity contribution in [1.29, 1.82) is 0 Å². The summed E-state index contributed by atoms with van der Waals surface area (Å²) < 4.78 is 0. The summed E-state index contributed by atoms with van der Waals surface area (Å²) >= 11 is 12.0. The Balaban J connectivity index is 0. The number of hydrogen-bond acceptors (Lipinski definition) is 3. The van der Waals surface area contributed by atoms with E-state index in [2.05, 4.69) is 6.92 Å². The normalized spacial score (nSPS) is 13.9. The van der Waals surface area contributed by atoms with Crippen molar-refractivity contribution < 1.29 is 32.3 Å². The van der Waals surface area contributed by atoms with Gasteiger partial charge in [-0.05, 0) is 20.0 Å². The van der Waals surface area contributed by atoms with Crippen molar-refractivity contribution in [3.8, 4) is 0 Å². The first-order valence-electron chi connectivity index (χ1n) is 5.99. The number of aliphatic carboxylic acids is 1. The van der Waals surface area contributed by atoms with Crippen LogP contribution in [0.25, 0.3) is 0 Å². The van der Waals surface area contributed by atoms with Crippen molar-refractivity contribution >= 4 is 29.2 Å². The van der Waals surface area contributed by atoms with Gasteiger partial charge in [-0.25, -0.2) is 0 Å². The van der Waals surface area contributed by atoms with E-state index < -0.39 is 5.97 Å². The largest absolute Gasteiger partial charge is 1.00 e. The molecule has 1 aliphatic heterocycles. The number of unbranched alkanes of at least 4 members (excludes halogenated alkanes) is 3. The summed E-state index contributed by atoms with van der Waals surface area (Å²) in [5, 5.41) is 8.67. The maximum atomic E-state index is 9.00. The SMILES string of the molecule is CC(=O)O.CCCCCCN1[CH-]N(C)C(Cl)=C1Cl.[Ag+]. The first-order valence-corrected chi connectivity index (χ1v) is 6.75. The van der Waals surface area contributed by atoms with Crippen LogP contribution in [0.3, 0.4) is 0 Å². The maximum Gasteiger partial charge on any atom is 1.00 e. The monoisotopic (exact) mass is 402 g/mol. The third-order valence-electron chi connectivity index (χ3n) is 2.30. The van der Waals surface area contributed by atoms with Crippen LogP contribution < -0.4 is 0 Å². The fraction of sp³-hybridized carbons (Fsp3) is 0.667. The van der Waals surface area contributed by atoms with Crippen LogP contribution in [0.5, 0.6) is 0 Å². The van der Waals surface area contributed by atoms with Crippen LogP contribution >= 0.6 is 23.2 Å². The molecule has 0 radical (unpaired) electrons. The topological polar surface area (TPSA) is 43.8 Å². The summed E-state index contributed by atoms with van der Waals surface area (Å²) in [4.78, 5) is 12.8. The second-order valence-corrected chi connectivity index (χ2v) is 4.80. The van der Waals surface area contributed by atoms with E-state index in [-0.39, 0.29) is 22.4 Å². The number of carbonyl (C=O) groups is 1. The van der Waals surface area contributed by atoms with Crippen LogP contribution in [0.2, 0.25) is 0 Å². The number of hydrogen-bond donors (Lipinski definition) is 1. The third kappa shape index (κ3) is 9.63. The Hall–Kier alpha value is 0.130. The smallest absolute Gasteiger partial charge is 0.494 e. The summed E-state index contributed by atoms with van der Waals surface area (Å²) in [6, 6.07) is 0. The molecule has 0 aromatic heterocycles. The van der Waals surface area contributed by atoms with Gasteiger partial charge in [-0.2, -0.15) is 6.67 Å². The van der Waals surface area contributed by atoms with Gasteiger partial charge in [-0.15, -0.1) is 0 Å². The van der Waals surface area contributed by atoms with Crippen LogP contribution in [-0.2, 0) is 27.2 Å². The molecular formula is C12H21AgCl2N2O2. The van der Waals surface area contributed by atoms with Gasteiger partial charge in [-0.3, -0.25) is 4.79 Å². The first kappa shape index (κ1) is 21.4. The second kappa shape index (κ2) is 11.9. The number of rotatable bonds is 5. The second-order valence-electron chi connectivity index (χ2n) is 4.08. The van der Waals surface area contributed by atoms with Gasteiger partial charge in [-0.1, -0.05) is 49.4 Å². The van der Waals surface area contributed by atoms with Crippen LogP contribution in [0.4, 0.5) is 0 Å². The predicted molar refractivity (Wildman–Crippen MR) is 75.0 cm³/mol. The van der Waals surface area contributed by atoms with Crippen molar-refractivity contribution in [2.24, 2.45) is 0 Å². The molecule has 1 rings (SSSR count). The minimum atomic E-state index is -0.833. The van der Waals surface area contributed by atoms with E-state index in [1.165, 1.54) is 25.7 Å². The molecular weight excluding hydrogens is 383 g/mol. The molecule has 1 N–H and O–H groups in total.